The number of rotatable bonds is 4. The van der Waals surface area contributed by atoms with E-state index in [4.69, 9.17) is 16.6 Å². The fourth-order valence-corrected chi connectivity index (χ4v) is 4.65. The Balaban J connectivity index is 1.91. The molecule has 0 saturated carbocycles. The van der Waals surface area contributed by atoms with Crippen molar-refractivity contribution in [2.24, 2.45) is 0 Å². The van der Waals surface area contributed by atoms with Crippen LogP contribution in [0.25, 0.3) is 0 Å². The van der Waals surface area contributed by atoms with E-state index in [2.05, 4.69) is 30.9 Å². The number of benzene rings is 1. The lowest BCUT2D eigenvalue weighted by molar-refractivity contribution is -0.808. The Morgan fingerprint density at radius 3 is 2.70 bits per heavy atom. The summed E-state index contributed by atoms with van der Waals surface area (Å²) in [4.78, 5) is 2.05. The standard InChI is InChI=1S/C17H19N2O2S2/c1-17(2)15(19(20)12-14-9-6-10-21-14)18(16(22)23-17)11-13-7-4-3-5-8-13/h3-10,12,15,20H,11H2,1-2H3/q+1. The van der Waals surface area contributed by atoms with E-state index >= 15 is 0 Å². The first kappa shape index (κ1) is 16.1. The largest absolute Gasteiger partial charge is 0.459 e. The van der Waals surface area contributed by atoms with Crippen LogP contribution >= 0.6 is 24.0 Å². The predicted octanol–water partition coefficient (Wildman–Crippen LogP) is 3.74. The average Bonchev–Trinajstić information content (AvgIpc) is 3.06. The maximum atomic E-state index is 10.6. The van der Waals surface area contributed by atoms with Crippen molar-refractivity contribution in [1.82, 2.24) is 4.90 Å². The van der Waals surface area contributed by atoms with Gasteiger partial charge in [-0.3, -0.25) is 10.1 Å². The summed E-state index contributed by atoms with van der Waals surface area (Å²) in [5.74, 6) is 0.603. The Labute approximate surface area is 145 Å². The maximum Gasteiger partial charge on any atom is 0.292 e. The van der Waals surface area contributed by atoms with E-state index in [1.165, 1.54) is 4.74 Å². The number of thiocarbonyl (C=S) groups is 1. The van der Waals surface area contributed by atoms with Gasteiger partial charge in [-0.2, -0.15) is 0 Å². The van der Waals surface area contributed by atoms with E-state index in [9.17, 15) is 5.21 Å². The number of hydroxylamine groups is 1. The monoisotopic (exact) mass is 347 g/mol. The third-order valence-electron chi connectivity index (χ3n) is 3.75. The van der Waals surface area contributed by atoms with Crippen LogP contribution in [0.15, 0.2) is 53.1 Å². The molecule has 1 aromatic carbocycles. The van der Waals surface area contributed by atoms with E-state index in [0.29, 0.717) is 12.3 Å². The van der Waals surface area contributed by atoms with Crippen molar-refractivity contribution >= 4 is 34.5 Å². The second-order valence-corrected chi connectivity index (χ2v) is 8.27. The van der Waals surface area contributed by atoms with Crippen molar-refractivity contribution in [3.05, 3.63) is 60.1 Å². The van der Waals surface area contributed by atoms with Crippen molar-refractivity contribution in [1.29, 1.82) is 0 Å². The minimum atomic E-state index is -0.273. The van der Waals surface area contributed by atoms with Gasteiger partial charge in [0.1, 0.15) is 9.07 Å². The summed E-state index contributed by atoms with van der Waals surface area (Å²) in [6.45, 7) is 4.82. The fourth-order valence-electron chi connectivity index (χ4n) is 2.77. The Morgan fingerprint density at radius 2 is 2.04 bits per heavy atom. The average molecular weight is 347 g/mol. The van der Waals surface area contributed by atoms with E-state index in [1.807, 2.05) is 18.2 Å². The summed E-state index contributed by atoms with van der Waals surface area (Å²) < 4.78 is 7.04. The van der Waals surface area contributed by atoms with Crippen molar-refractivity contribution in [3.8, 4) is 0 Å². The van der Waals surface area contributed by atoms with Crippen LogP contribution in [0.2, 0.25) is 0 Å². The molecule has 1 aliphatic heterocycles. The highest BCUT2D eigenvalue weighted by molar-refractivity contribution is 8.24. The molecule has 3 rings (SSSR count). The molecule has 1 saturated heterocycles. The highest BCUT2D eigenvalue weighted by atomic mass is 32.2. The van der Waals surface area contributed by atoms with Crippen LogP contribution in [0, 0.1) is 0 Å². The predicted molar refractivity (Wildman–Crippen MR) is 96.0 cm³/mol. The van der Waals surface area contributed by atoms with Gasteiger partial charge in [0, 0.05) is 0 Å². The minimum Gasteiger partial charge on any atom is -0.459 e. The van der Waals surface area contributed by atoms with E-state index in [1.54, 1.807) is 36.4 Å². The molecular formula is C17H19N2O2S2+. The number of nitrogens with zero attached hydrogens (tertiary/aromatic N) is 2. The molecule has 2 aromatic rings. The zero-order valence-electron chi connectivity index (χ0n) is 13.0. The summed E-state index contributed by atoms with van der Waals surface area (Å²) in [7, 11) is 0. The van der Waals surface area contributed by atoms with Gasteiger partial charge in [0.2, 0.25) is 0 Å². The number of hydrogen-bond acceptors (Lipinski definition) is 4. The van der Waals surface area contributed by atoms with Crippen molar-refractivity contribution in [2.45, 2.75) is 31.3 Å². The smallest absolute Gasteiger partial charge is 0.292 e. The van der Waals surface area contributed by atoms with Gasteiger partial charge < -0.3 is 4.42 Å². The molecule has 1 atom stereocenters. The van der Waals surface area contributed by atoms with Crippen LogP contribution in [0.1, 0.15) is 25.2 Å². The van der Waals surface area contributed by atoms with Gasteiger partial charge in [0.05, 0.1) is 12.8 Å². The van der Waals surface area contributed by atoms with Crippen LogP contribution in [-0.4, -0.2) is 36.3 Å². The first-order chi connectivity index (χ1) is 11.0. The molecule has 1 aliphatic rings. The summed E-state index contributed by atoms with van der Waals surface area (Å²) in [5.41, 5.74) is 1.16. The molecule has 4 nitrogen and oxygen atoms in total. The lowest BCUT2D eigenvalue weighted by Gasteiger charge is -2.25. The lowest BCUT2D eigenvalue weighted by atomic mass is 10.1. The number of thioether (sulfide) groups is 1. The second-order valence-electron chi connectivity index (χ2n) is 5.98. The molecule has 1 unspecified atom stereocenters. The first-order valence-corrected chi connectivity index (χ1v) is 8.59. The normalized spacial score (nSPS) is 21.0. The van der Waals surface area contributed by atoms with E-state index < -0.39 is 0 Å². The quantitative estimate of drug-likeness (QED) is 0.300. The SMILES string of the molecule is CC1(C)SC(=S)N(Cc2ccccc2)C1[N+](O)=Cc1ccco1. The van der Waals surface area contributed by atoms with E-state index in [-0.39, 0.29) is 10.9 Å². The zero-order valence-corrected chi connectivity index (χ0v) is 14.7. The summed E-state index contributed by atoms with van der Waals surface area (Å²) >= 11 is 7.15. The van der Waals surface area contributed by atoms with Crippen LogP contribution < -0.4 is 0 Å². The molecule has 1 aromatic heterocycles. The van der Waals surface area contributed by atoms with Gasteiger partial charge in [-0.1, -0.05) is 54.3 Å². The molecule has 1 fully saturated rings. The van der Waals surface area contributed by atoms with Gasteiger partial charge >= 0.3 is 0 Å². The van der Waals surface area contributed by atoms with Gasteiger partial charge in [-0.05, 0) is 36.3 Å². The van der Waals surface area contributed by atoms with Crippen LogP contribution in [-0.2, 0) is 6.54 Å². The maximum absolute atomic E-state index is 10.6. The second kappa shape index (κ2) is 6.37. The Bertz CT molecular complexity index is 711. The van der Waals surface area contributed by atoms with Gasteiger partial charge in [-0.15, -0.1) is 0 Å². The first-order valence-electron chi connectivity index (χ1n) is 7.36. The summed E-state index contributed by atoms with van der Waals surface area (Å²) in [6, 6.07) is 13.7. The molecule has 0 aliphatic carbocycles. The molecule has 23 heavy (non-hydrogen) atoms. The minimum absolute atomic E-state index is 0.246. The van der Waals surface area contributed by atoms with Gasteiger partial charge in [-0.25, -0.2) is 0 Å². The molecule has 0 spiro atoms. The van der Waals surface area contributed by atoms with Crippen LogP contribution in [0.5, 0.6) is 0 Å². The highest BCUT2D eigenvalue weighted by Gasteiger charge is 2.52. The molecule has 120 valence electrons. The zero-order chi connectivity index (χ0) is 16.4. The molecule has 6 heteroatoms. The lowest BCUT2D eigenvalue weighted by Crippen LogP contribution is -2.48. The molecule has 1 N–H and O–H groups in total. The highest BCUT2D eigenvalue weighted by Crippen LogP contribution is 2.42. The summed E-state index contributed by atoms with van der Waals surface area (Å²) in [5, 5.41) is 10.6. The van der Waals surface area contributed by atoms with Crippen LogP contribution in [0.3, 0.4) is 0 Å². The molecule has 0 amide bonds. The number of furan rings is 1. The third-order valence-corrected chi connectivity index (χ3v) is 5.38. The molecular weight excluding hydrogens is 328 g/mol. The number of hydrogen-bond donors (Lipinski definition) is 1. The molecule has 2 heterocycles. The molecule has 0 radical (unpaired) electrons. The Morgan fingerprint density at radius 1 is 1.30 bits per heavy atom. The van der Waals surface area contributed by atoms with Crippen LogP contribution in [0.4, 0.5) is 0 Å². The summed E-state index contributed by atoms with van der Waals surface area (Å²) in [6.07, 6.45) is 2.91. The van der Waals surface area contributed by atoms with Gasteiger partial charge in [0.25, 0.3) is 12.4 Å². The molecule has 0 bridgehead atoms. The van der Waals surface area contributed by atoms with E-state index in [0.717, 1.165) is 9.88 Å². The van der Waals surface area contributed by atoms with Gasteiger partial charge in [0.15, 0.2) is 5.76 Å². The van der Waals surface area contributed by atoms with Crippen molar-refractivity contribution < 1.29 is 14.4 Å². The third kappa shape index (κ3) is 3.43. The Hall–Kier alpha value is -1.79. The topological polar surface area (TPSA) is 39.6 Å². The fraction of sp³-hybridized carbons (Fsp3) is 0.294. The van der Waals surface area contributed by atoms with Crippen molar-refractivity contribution in [3.63, 3.8) is 0 Å². The Kier molecular flexibility index (Phi) is 4.46. The van der Waals surface area contributed by atoms with Crippen molar-refractivity contribution in [2.75, 3.05) is 0 Å².